The quantitative estimate of drug-likeness (QED) is 0.654. The van der Waals surface area contributed by atoms with E-state index < -0.39 is 21.9 Å². The normalized spacial score (nSPS) is 11.2. The minimum atomic E-state index is -3.69. The molecule has 9 heteroatoms. The summed E-state index contributed by atoms with van der Waals surface area (Å²) in [6, 6.07) is 5.93. The van der Waals surface area contributed by atoms with Crippen LogP contribution in [0.3, 0.4) is 0 Å². The number of methoxy groups -OCH3 is 1. The molecule has 0 saturated carbocycles. The maximum atomic E-state index is 12.0. The average Bonchev–Trinajstić information content (AvgIpc) is 2.50. The first kappa shape index (κ1) is 19.9. The van der Waals surface area contributed by atoms with Crippen molar-refractivity contribution in [2.24, 2.45) is 0 Å². The van der Waals surface area contributed by atoms with Gasteiger partial charge in [0.05, 0.1) is 24.6 Å². The molecule has 0 aliphatic carbocycles. The summed E-state index contributed by atoms with van der Waals surface area (Å²) in [7, 11) is 1.28. The molecule has 1 rings (SSSR count). The minimum absolute atomic E-state index is 0.205. The molecular formula is C15H23N3O5S. The van der Waals surface area contributed by atoms with Crippen LogP contribution < -0.4 is 9.62 Å². The van der Waals surface area contributed by atoms with Gasteiger partial charge in [-0.1, -0.05) is 6.07 Å². The molecule has 0 fully saturated rings. The number of benzene rings is 1. The van der Waals surface area contributed by atoms with Crippen molar-refractivity contribution in [1.29, 1.82) is 0 Å². The van der Waals surface area contributed by atoms with Crippen molar-refractivity contribution in [2.45, 2.75) is 0 Å². The first-order valence-corrected chi connectivity index (χ1v) is 9.07. The Balaban J connectivity index is 2.95. The monoisotopic (exact) mass is 357 g/mol. The Kier molecular flexibility index (Phi) is 7.18. The minimum Gasteiger partial charge on any atom is -0.465 e. The molecule has 0 radical (unpaired) electrons. The van der Waals surface area contributed by atoms with Crippen LogP contribution in [0.1, 0.15) is 10.4 Å². The molecule has 0 bridgehead atoms. The summed E-state index contributed by atoms with van der Waals surface area (Å²) in [5.41, 5.74) is 0.430. The molecule has 134 valence electrons. The third-order valence-electron chi connectivity index (χ3n) is 3.12. The lowest BCUT2D eigenvalue weighted by Crippen LogP contribution is -2.42. The number of esters is 1. The molecule has 1 N–H and O–H groups in total. The fraction of sp³-hybridized carbons (Fsp3) is 0.467. The Morgan fingerprint density at radius 1 is 1.25 bits per heavy atom. The first-order valence-electron chi connectivity index (χ1n) is 7.22. The number of anilines is 1. The fourth-order valence-corrected chi connectivity index (χ4v) is 2.76. The van der Waals surface area contributed by atoms with E-state index in [9.17, 15) is 18.0 Å². The van der Waals surface area contributed by atoms with Crippen molar-refractivity contribution < 1.29 is 22.7 Å². The molecule has 1 aromatic carbocycles. The van der Waals surface area contributed by atoms with Gasteiger partial charge in [0.2, 0.25) is 15.9 Å². The van der Waals surface area contributed by atoms with Crippen molar-refractivity contribution in [1.82, 2.24) is 10.2 Å². The van der Waals surface area contributed by atoms with Gasteiger partial charge in [0.25, 0.3) is 0 Å². The number of hydrogen-bond acceptors (Lipinski definition) is 6. The highest BCUT2D eigenvalue weighted by molar-refractivity contribution is 7.92. The molecule has 24 heavy (non-hydrogen) atoms. The highest BCUT2D eigenvalue weighted by Gasteiger charge is 2.21. The molecule has 0 spiro atoms. The van der Waals surface area contributed by atoms with Crippen LogP contribution in [0.15, 0.2) is 24.3 Å². The van der Waals surface area contributed by atoms with Gasteiger partial charge in [-0.25, -0.2) is 13.2 Å². The van der Waals surface area contributed by atoms with E-state index in [0.29, 0.717) is 13.1 Å². The Morgan fingerprint density at radius 3 is 2.46 bits per heavy atom. The summed E-state index contributed by atoms with van der Waals surface area (Å²) in [4.78, 5) is 25.5. The number of amides is 1. The summed E-state index contributed by atoms with van der Waals surface area (Å²) >= 11 is 0. The number of likely N-dealkylation sites (N-methyl/N-ethyl adjacent to an activating group) is 1. The maximum absolute atomic E-state index is 12.0. The van der Waals surface area contributed by atoms with Crippen molar-refractivity contribution in [2.75, 3.05) is 51.4 Å². The molecule has 0 aliphatic rings. The Bertz CT molecular complexity index is 688. The Morgan fingerprint density at radius 2 is 1.92 bits per heavy atom. The Hall–Kier alpha value is -2.13. The molecule has 0 heterocycles. The van der Waals surface area contributed by atoms with Gasteiger partial charge in [0, 0.05) is 13.1 Å². The zero-order chi connectivity index (χ0) is 18.3. The molecule has 0 aliphatic heterocycles. The number of nitrogens with zero attached hydrogens (tertiary/aromatic N) is 2. The van der Waals surface area contributed by atoms with Gasteiger partial charge < -0.3 is 15.0 Å². The predicted molar refractivity (Wildman–Crippen MR) is 91.5 cm³/mol. The van der Waals surface area contributed by atoms with Crippen molar-refractivity contribution in [3.8, 4) is 0 Å². The lowest BCUT2D eigenvalue weighted by Gasteiger charge is -2.22. The standard InChI is InChI=1S/C15H23N3O5S/c1-17(2)9-8-16-14(19)11-18(24(4,21)22)13-7-5-6-12(10-13)15(20)23-3/h5-7,10H,8-9,11H2,1-4H3,(H,16,19). The molecule has 0 atom stereocenters. The fourth-order valence-electron chi connectivity index (χ4n) is 1.91. The van der Waals surface area contributed by atoms with Crippen LogP contribution >= 0.6 is 0 Å². The van der Waals surface area contributed by atoms with Crippen LogP contribution in [0, 0.1) is 0 Å². The summed E-state index contributed by atoms with van der Waals surface area (Å²) < 4.78 is 29.6. The number of nitrogens with one attached hydrogen (secondary N) is 1. The second-order valence-corrected chi connectivity index (χ2v) is 7.37. The van der Waals surface area contributed by atoms with Crippen LogP contribution in [-0.2, 0) is 19.6 Å². The number of rotatable bonds is 8. The van der Waals surface area contributed by atoms with Crippen molar-refractivity contribution in [3.63, 3.8) is 0 Å². The number of sulfonamides is 1. The SMILES string of the molecule is COC(=O)c1cccc(N(CC(=O)NCCN(C)C)S(C)(=O)=O)c1. The third kappa shape index (κ3) is 6.17. The van der Waals surface area contributed by atoms with Gasteiger partial charge in [-0.15, -0.1) is 0 Å². The number of hydrogen-bond donors (Lipinski definition) is 1. The number of carbonyl (C=O) groups is 2. The van der Waals surface area contributed by atoms with Gasteiger partial charge in [-0.2, -0.15) is 0 Å². The van der Waals surface area contributed by atoms with E-state index in [0.717, 1.165) is 10.6 Å². The van der Waals surface area contributed by atoms with Gasteiger partial charge in [0.1, 0.15) is 6.54 Å². The van der Waals surface area contributed by atoms with Gasteiger partial charge >= 0.3 is 5.97 Å². The molecule has 0 saturated heterocycles. The van der Waals surface area contributed by atoms with Gasteiger partial charge in [0.15, 0.2) is 0 Å². The molecule has 1 aromatic rings. The summed E-state index contributed by atoms with van der Waals surface area (Å²) in [5, 5.41) is 2.66. The maximum Gasteiger partial charge on any atom is 0.337 e. The lowest BCUT2D eigenvalue weighted by atomic mass is 10.2. The zero-order valence-corrected chi connectivity index (χ0v) is 15.1. The van der Waals surface area contributed by atoms with Crippen LogP contribution in [0.25, 0.3) is 0 Å². The summed E-state index contributed by atoms with van der Waals surface area (Å²) in [6.07, 6.45) is 1.00. The van der Waals surface area contributed by atoms with Crippen LogP contribution in [0.2, 0.25) is 0 Å². The smallest absolute Gasteiger partial charge is 0.337 e. The van der Waals surface area contributed by atoms with E-state index >= 15 is 0 Å². The van der Waals surface area contributed by atoms with E-state index in [1.165, 1.54) is 31.4 Å². The summed E-state index contributed by atoms with van der Waals surface area (Å²) in [6.45, 7) is 0.685. The molecule has 8 nitrogen and oxygen atoms in total. The van der Waals surface area contributed by atoms with Crippen LogP contribution in [0.5, 0.6) is 0 Å². The second-order valence-electron chi connectivity index (χ2n) is 5.46. The predicted octanol–water partition coefficient (Wildman–Crippen LogP) is -0.0830. The first-order chi connectivity index (χ1) is 11.1. The molecule has 0 unspecified atom stereocenters. The number of carbonyl (C=O) groups excluding carboxylic acids is 2. The third-order valence-corrected chi connectivity index (χ3v) is 4.26. The van der Waals surface area contributed by atoms with Gasteiger partial charge in [-0.3, -0.25) is 9.10 Å². The molecule has 1 amide bonds. The topological polar surface area (TPSA) is 96.0 Å². The van der Waals surface area contributed by atoms with E-state index in [4.69, 9.17) is 0 Å². The van der Waals surface area contributed by atoms with Crippen LogP contribution in [-0.4, -0.2) is 72.3 Å². The Labute approximate surface area is 142 Å². The average molecular weight is 357 g/mol. The molecular weight excluding hydrogens is 334 g/mol. The highest BCUT2D eigenvalue weighted by atomic mass is 32.2. The van der Waals surface area contributed by atoms with Crippen molar-refractivity contribution >= 4 is 27.6 Å². The molecule has 0 aromatic heterocycles. The van der Waals surface area contributed by atoms with Crippen LogP contribution in [0.4, 0.5) is 5.69 Å². The number of ether oxygens (including phenoxy) is 1. The van der Waals surface area contributed by atoms with E-state index in [2.05, 4.69) is 10.1 Å². The largest absolute Gasteiger partial charge is 0.465 e. The zero-order valence-electron chi connectivity index (χ0n) is 14.3. The summed E-state index contributed by atoms with van der Waals surface area (Å²) in [5.74, 6) is -1.01. The van der Waals surface area contributed by atoms with Crippen molar-refractivity contribution in [3.05, 3.63) is 29.8 Å². The van der Waals surface area contributed by atoms with Gasteiger partial charge in [-0.05, 0) is 32.3 Å². The highest BCUT2D eigenvalue weighted by Crippen LogP contribution is 2.19. The lowest BCUT2D eigenvalue weighted by molar-refractivity contribution is -0.119. The van der Waals surface area contributed by atoms with E-state index in [1.807, 2.05) is 19.0 Å². The van der Waals surface area contributed by atoms with E-state index in [1.54, 1.807) is 0 Å². The van der Waals surface area contributed by atoms with E-state index in [-0.39, 0.29) is 17.8 Å². The second kappa shape index (κ2) is 8.65.